The van der Waals surface area contributed by atoms with Crippen LogP contribution in [-0.2, 0) is 19.1 Å². The molecule has 0 aromatic heterocycles. The Hall–Kier alpha value is -3.48. The molecule has 7 heteroatoms. The van der Waals surface area contributed by atoms with Gasteiger partial charge in [-0.05, 0) is 43.7 Å². The van der Waals surface area contributed by atoms with E-state index in [2.05, 4.69) is 5.32 Å². The van der Waals surface area contributed by atoms with Gasteiger partial charge in [0.25, 0.3) is 0 Å². The zero-order chi connectivity index (χ0) is 21.7. The van der Waals surface area contributed by atoms with Gasteiger partial charge in [-0.2, -0.15) is 0 Å². The topological polar surface area (TPSA) is 75.7 Å². The van der Waals surface area contributed by atoms with Gasteiger partial charge >= 0.3 is 5.97 Å². The Bertz CT molecular complexity index is 970. The lowest BCUT2D eigenvalue weighted by Crippen LogP contribution is -2.42. The minimum absolute atomic E-state index is 0.0549. The molecule has 3 rings (SSSR count). The molecule has 1 aliphatic heterocycles. The first-order chi connectivity index (χ1) is 14.4. The third kappa shape index (κ3) is 4.74. The Morgan fingerprint density at radius 1 is 1.13 bits per heavy atom. The standard InChI is InChI=1S/C23H23FN2O4/c1-3-30-23(29)22-15(2)26(14-20(27)25-18-11-9-17(24)10-12-18)21(28)13-19(22)16-7-5-4-6-8-16/h4-12,19H,3,13-14H2,1-2H3,(H,25,27). The highest BCUT2D eigenvalue weighted by molar-refractivity contribution is 5.99. The Kier molecular flexibility index (Phi) is 6.61. The van der Waals surface area contributed by atoms with Gasteiger partial charge in [0.05, 0.1) is 12.2 Å². The van der Waals surface area contributed by atoms with Crippen LogP contribution in [0.2, 0.25) is 0 Å². The number of rotatable bonds is 6. The molecule has 0 fully saturated rings. The van der Waals surface area contributed by atoms with Crippen molar-refractivity contribution in [3.05, 3.63) is 77.2 Å². The summed E-state index contributed by atoms with van der Waals surface area (Å²) in [6.45, 7) is 3.31. The molecule has 2 aromatic carbocycles. The molecule has 0 saturated carbocycles. The lowest BCUT2D eigenvalue weighted by molar-refractivity contribution is -0.140. The zero-order valence-electron chi connectivity index (χ0n) is 16.9. The molecular weight excluding hydrogens is 387 g/mol. The minimum Gasteiger partial charge on any atom is -0.463 e. The number of ether oxygens (including phenoxy) is 1. The average Bonchev–Trinajstić information content (AvgIpc) is 2.73. The van der Waals surface area contributed by atoms with Crippen LogP contribution < -0.4 is 5.32 Å². The second-order valence-electron chi connectivity index (χ2n) is 6.92. The number of nitrogens with one attached hydrogen (secondary N) is 1. The number of benzene rings is 2. The molecule has 0 aliphatic carbocycles. The van der Waals surface area contributed by atoms with E-state index in [1.165, 1.54) is 29.2 Å². The monoisotopic (exact) mass is 410 g/mol. The fourth-order valence-electron chi connectivity index (χ4n) is 3.52. The van der Waals surface area contributed by atoms with Crippen LogP contribution in [0.15, 0.2) is 65.9 Å². The first-order valence-electron chi connectivity index (χ1n) is 9.69. The van der Waals surface area contributed by atoms with E-state index in [0.717, 1.165) is 5.56 Å². The van der Waals surface area contributed by atoms with Crippen molar-refractivity contribution >= 4 is 23.5 Å². The molecule has 1 heterocycles. The summed E-state index contributed by atoms with van der Waals surface area (Å²) in [5.74, 6) is -2.06. The summed E-state index contributed by atoms with van der Waals surface area (Å²) in [7, 11) is 0. The highest BCUT2D eigenvalue weighted by atomic mass is 19.1. The maximum absolute atomic E-state index is 13.0. The fourth-order valence-corrected chi connectivity index (χ4v) is 3.52. The van der Waals surface area contributed by atoms with Crippen molar-refractivity contribution in [2.24, 2.45) is 0 Å². The molecule has 0 bridgehead atoms. The van der Waals surface area contributed by atoms with Gasteiger partial charge in [0.2, 0.25) is 11.8 Å². The van der Waals surface area contributed by atoms with Crippen molar-refractivity contribution in [1.82, 2.24) is 4.90 Å². The maximum Gasteiger partial charge on any atom is 0.336 e. The Balaban J connectivity index is 1.87. The predicted molar refractivity (Wildman–Crippen MR) is 110 cm³/mol. The van der Waals surface area contributed by atoms with Crippen molar-refractivity contribution in [1.29, 1.82) is 0 Å². The highest BCUT2D eigenvalue weighted by Gasteiger charge is 2.37. The van der Waals surface area contributed by atoms with Crippen LogP contribution in [0.3, 0.4) is 0 Å². The van der Waals surface area contributed by atoms with Crippen LogP contribution in [0, 0.1) is 5.82 Å². The molecule has 0 radical (unpaired) electrons. The number of amides is 2. The zero-order valence-corrected chi connectivity index (χ0v) is 16.9. The number of hydrogen-bond acceptors (Lipinski definition) is 4. The molecule has 0 saturated heterocycles. The van der Waals surface area contributed by atoms with Crippen LogP contribution in [0.25, 0.3) is 0 Å². The van der Waals surface area contributed by atoms with Crippen molar-refractivity contribution in [2.45, 2.75) is 26.2 Å². The Morgan fingerprint density at radius 3 is 2.43 bits per heavy atom. The van der Waals surface area contributed by atoms with Crippen molar-refractivity contribution in [2.75, 3.05) is 18.5 Å². The van der Waals surface area contributed by atoms with Crippen LogP contribution in [0.4, 0.5) is 10.1 Å². The van der Waals surface area contributed by atoms with Crippen LogP contribution in [-0.4, -0.2) is 35.8 Å². The molecule has 156 valence electrons. The maximum atomic E-state index is 13.0. The molecule has 1 N–H and O–H groups in total. The summed E-state index contributed by atoms with van der Waals surface area (Å²) in [4.78, 5) is 39.3. The third-order valence-corrected chi connectivity index (χ3v) is 4.95. The number of carbonyl (C=O) groups is 3. The number of carbonyl (C=O) groups excluding carboxylic acids is 3. The quantitative estimate of drug-likeness (QED) is 0.738. The van der Waals surface area contributed by atoms with Gasteiger partial charge in [-0.3, -0.25) is 9.59 Å². The molecule has 1 aliphatic rings. The van der Waals surface area contributed by atoms with Crippen molar-refractivity contribution in [3.63, 3.8) is 0 Å². The van der Waals surface area contributed by atoms with Crippen LogP contribution in [0.5, 0.6) is 0 Å². The predicted octanol–water partition coefficient (Wildman–Crippen LogP) is 3.62. The molecule has 0 spiro atoms. The van der Waals surface area contributed by atoms with Gasteiger partial charge in [-0.25, -0.2) is 9.18 Å². The van der Waals surface area contributed by atoms with Gasteiger partial charge in [-0.1, -0.05) is 30.3 Å². The van der Waals surface area contributed by atoms with E-state index < -0.39 is 23.6 Å². The Labute approximate surface area is 174 Å². The minimum atomic E-state index is -0.500. The molecule has 2 amide bonds. The van der Waals surface area contributed by atoms with Crippen molar-refractivity contribution < 1.29 is 23.5 Å². The molecule has 30 heavy (non-hydrogen) atoms. The third-order valence-electron chi connectivity index (χ3n) is 4.95. The molecule has 1 atom stereocenters. The summed E-state index contributed by atoms with van der Waals surface area (Å²) in [6.07, 6.45) is 0.0549. The lowest BCUT2D eigenvalue weighted by atomic mass is 9.83. The average molecular weight is 410 g/mol. The number of hydrogen-bond donors (Lipinski definition) is 1. The second kappa shape index (κ2) is 9.35. The normalized spacial score (nSPS) is 16.4. The summed E-state index contributed by atoms with van der Waals surface area (Å²) in [5.41, 5.74) is 2.02. The Morgan fingerprint density at radius 2 is 1.80 bits per heavy atom. The number of anilines is 1. The highest BCUT2D eigenvalue weighted by Crippen LogP contribution is 2.36. The molecular formula is C23H23FN2O4. The van der Waals surface area contributed by atoms with Crippen LogP contribution in [0.1, 0.15) is 31.7 Å². The second-order valence-corrected chi connectivity index (χ2v) is 6.92. The van der Waals surface area contributed by atoms with E-state index in [0.29, 0.717) is 17.0 Å². The number of halogens is 1. The van der Waals surface area contributed by atoms with Gasteiger partial charge in [0.15, 0.2) is 0 Å². The number of nitrogens with zero attached hydrogens (tertiary/aromatic N) is 1. The molecule has 2 aromatic rings. The van der Waals surface area contributed by atoms with Gasteiger partial charge in [0, 0.05) is 23.7 Å². The van der Waals surface area contributed by atoms with Gasteiger partial charge in [-0.15, -0.1) is 0 Å². The molecule has 1 unspecified atom stereocenters. The summed E-state index contributed by atoms with van der Waals surface area (Å²) < 4.78 is 18.3. The van der Waals surface area contributed by atoms with E-state index in [9.17, 15) is 18.8 Å². The van der Waals surface area contributed by atoms with E-state index in [-0.39, 0.29) is 25.5 Å². The van der Waals surface area contributed by atoms with Gasteiger partial charge in [0.1, 0.15) is 12.4 Å². The molecule has 6 nitrogen and oxygen atoms in total. The largest absolute Gasteiger partial charge is 0.463 e. The van der Waals surface area contributed by atoms with Crippen molar-refractivity contribution in [3.8, 4) is 0 Å². The lowest BCUT2D eigenvalue weighted by Gasteiger charge is -2.34. The van der Waals surface area contributed by atoms with E-state index in [1.807, 2.05) is 30.3 Å². The van der Waals surface area contributed by atoms with E-state index >= 15 is 0 Å². The first kappa shape index (κ1) is 21.2. The van der Waals surface area contributed by atoms with E-state index in [4.69, 9.17) is 4.74 Å². The summed E-state index contributed by atoms with van der Waals surface area (Å²) >= 11 is 0. The SMILES string of the molecule is CCOC(=O)C1=C(C)N(CC(=O)Nc2ccc(F)cc2)C(=O)CC1c1ccccc1. The van der Waals surface area contributed by atoms with Gasteiger partial charge < -0.3 is 15.0 Å². The number of esters is 1. The summed E-state index contributed by atoms with van der Waals surface area (Å²) in [5, 5.41) is 2.63. The van der Waals surface area contributed by atoms with E-state index in [1.54, 1.807) is 13.8 Å². The smallest absolute Gasteiger partial charge is 0.336 e. The summed E-state index contributed by atoms with van der Waals surface area (Å²) in [6, 6.07) is 14.6. The first-order valence-corrected chi connectivity index (χ1v) is 9.69. The fraction of sp³-hybridized carbons (Fsp3) is 0.261. The number of allylic oxidation sites excluding steroid dienone is 1. The van der Waals surface area contributed by atoms with Crippen LogP contribution >= 0.6 is 0 Å².